The van der Waals surface area contributed by atoms with Crippen molar-refractivity contribution in [3.05, 3.63) is 35.1 Å². The van der Waals surface area contributed by atoms with Gasteiger partial charge in [0.2, 0.25) is 5.91 Å². The molecule has 0 radical (unpaired) electrons. The molecule has 1 amide bonds. The first-order valence-electron chi connectivity index (χ1n) is 4.99. The standard InChI is InChI=1S/C11H12FNO5/c12-7-2-5(1-6(3-7)11(17)18)10(16)8(14)4-9(13)15/h1-3,8,10,14,16H,4H2,(H2,13,15)(H,17,18). The number of hydrogen-bond donors (Lipinski definition) is 4. The summed E-state index contributed by atoms with van der Waals surface area (Å²) in [6.07, 6.45) is -3.63. The first-order valence-corrected chi connectivity index (χ1v) is 4.99. The molecule has 1 aromatic rings. The molecule has 1 rings (SSSR count). The van der Waals surface area contributed by atoms with Gasteiger partial charge < -0.3 is 21.1 Å². The molecule has 18 heavy (non-hydrogen) atoms. The maximum absolute atomic E-state index is 13.1. The molecule has 2 unspecified atom stereocenters. The fourth-order valence-corrected chi connectivity index (χ4v) is 1.45. The number of rotatable bonds is 5. The lowest BCUT2D eigenvalue weighted by Crippen LogP contribution is -2.25. The highest BCUT2D eigenvalue weighted by Gasteiger charge is 2.22. The number of amides is 1. The van der Waals surface area contributed by atoms with Crippen LogP contribution in [0.3, 0.4) is 0 Å². The second-order valence-corrected chi connectivity index (χ2v) is 3.76. The van der Waals surface area contributed by atoms with Crippen LogP contribution in [0.4, 0.5) is 4.39 Å². The fraction of sp³-hybridized carbons (Fsp3) is 0.273. The van der Waals surface area contributed by atoms with Crippen molar-refractivity contribution in [3.63, 3.8) is 0 Å². The predicted molar refractivity (Wildman–Crippen MR) is 58.1 cm³/mol. The van der Waals surface area contributed by atoms with Crippen LogP contribution in [0, 0.1) is 5.82 Å². The molecule has 0 spiro atoms. The Balaban J connectivity index is 3.01. The van der Waals surface area contributed by atoms with Gasteiger partial charge in [-0.25, -0.2) is 9.18 Å². The Morgan fingerprint density at radius 2 is 1.89 bits per heavy atom. The van der Waals surface area contributed by atoms with Crippen molar-refractivity contribution < 1.29 is 29.3 Å². The number of halogens is 1. The molecule has 0 aliphatic carbocycles. The highest BCUT2D eigenvalue weighted by atomic mass is 19.1. The largest absolute Gasteiger partial charge is 0.478 e. The molecular weight excluding hydrogens is 245 g/mol. The second kappa shape index (κ2) is 5.56. The molecule has 0 aliphatic heterocycles. The third-order valence-corrected chi connectivity index (χ3v) is 2.28. The van der Waals surface area contributed by atoms with Gasteiger partial charge in [-0.2, -0.15) is 0 Å². The van der Waals surface area contributed by atoms with Gasteiger partial charge in [-0.05, 0) is 23.8 Å². The van der Waals surface area contributed by atoms with Gasteiger partial charge in [-0.1, -0.05) is 0 Å². The van der Waals surface area contributed by atoms with Crippen LogP contribution in [0.15, 0.2) is 18.2 Å². The highest BCUT2D eigenvalue weighted by molar-refractivity contribution is 5.87. The number of aliphatic hydroxyl groups excluding tert-OH is 2. The average Bonchev–Trinajstić information content (AvgIpc) is 2.26. The smallest absolute Gasteiger partial charge is 0.335 e. The average molecular weight is 257 g/mol. The lowest BCUT2D eigenvalue weighted by atomic mass is 9.99. The van der Waals surface area contributed by atoms with Gasteiger partial charge in [0.1, 0.15) is 11.9 Å². The van der Waals surface area contributed by atoms with Gasteiger partial charge >= 0.3 is 5.97 Å². The Morgan fingerprint density at radius 3 is 2.39 bits per heavy atom. The van der Waals surface area contributed by atoms with Gasteiger partial charge in [0.25, 0.3) is 0 Å². The molecule has 0 saturated heterocycles. The van der Waals surface area contributed by atoms with Crippen LogP contribution in [-0.2, 0) is 4.79 Å². The molecule has 98 valence electrons. The Bertz CT molecular complexity index is 477. The predicted octanol–water partition coefficient (Wildman–Crippen LogP) is -0.206. The first kappa shape index (κ1) is 14.1. The monoisotopic (exact) mass is 257 g/mol. The number of aromatic carboxylic acids is 1. The molecule has 0 heterocycles. The lowest BCUT2D eigenvalue weighted by Gasteiger charge is -2.17. The van der Waals surface area contributed by atoms with E-state index in [0.29, 0.717) is 0 Å². The summed E-state index contributed by atoms with van der Waals surface area (Å²) in [5.74, 6) is -3.07. The van der Waals surface area contributed by atoms with E-state index in [1.807, 2.05) is 0 Å². The number of carbonyl (C=O) groups excluding carboxylic acids is 1. The third kappa shape index (κ3) is 3.51. The van der Waals surface area contributed by atoms with Crippen molar-refractivity contribution in [3.8, 4) is 0 Å². The minimum Gasteiger partial charge on any atom is -0.478 e. The SMILES string of the molecule is NC(=O)CC(O)C(O)c1cc(F)cc(C(=O)O)c1. The maximum Gasteiger partial charge on any atom is 0.335 e. The Labute approximate surface area is 101 Å². The Kier molecular flexibility index (Phi) is 4.35. The number of carboxylic acid groups (broad SMARTS) is 1. The molecule has 0 saturated carbocycles. The first-order chi connectivity index (χ1) is 8.31. The van der Waals surface area contributed by atoms with Gasteiger partial charge in [-0.3, -0.25) is 4.79 Å². The summed E-state index contributed by atoms with van der Waals surface area (Å²) in [6, 6.07) is 2.67. The molecule has 5 N–H and O–H groups in total. The van der Waals surface area contributed by atoms with Crippen LogP contribution in [0.5, 0.6) is 0 Å². The topological polar surface area (TPSA) is 121 Å². The molecule has 0 aliphatic rings. The van der Waals surface area contributed by atoms with Gasteiger partial charge in [0.05, 0.1) is 18.1 Å². The number of carbonyl (C=O) groups is 2. The molecular formula is C11H12FNO5. The van der Waals surface area contributed by atoms with Gasteiger partial charge in [0, 0.05) is 0 Å². The van der Waals surface area contributed by atoms with E-state index in [-0.39, 0.29) is 11.1 Å². The summed E-state index contributed by atoms with van der Waals surface area (Å²) >= 11 is 0. The summed E-state index contributed by atoms with van der Waals surface area (Å²) in [7, 11) is 0. The second-order valence-electron chi connectivity index (χ2n) is 3.76. The van der Waals surface area contributed by atoms with Crippen LogP contribution in [0.2, 0.25) is 0 Å². The summed E-state index contributed by atoms with van der Waals surface area (Å²) < 4.78 is 13.1. The number of hydrogen-bond acceptors (Lipinski definition) is 4. The number of nitrogens with two attached hydrogens (primary N) is 1. The van der Waals surface area contributed by atoms with Gasteiger partial charge in [-0.15, -0.1) is 0 Å². The molecule has 1 aromatic carbocycles. The number of carboxylic acids is 1. The van der Waals surface area contributed by atoms with E-state index in [4.69, 9.17) is 10.8 Å². The Hall–Kier alpha value is -1.99. The zero-order chi connectivity index (χ0) is 13.9. The van der Waals surface area contributed by atoms with E-state index in [1.165, 1.54) is 0 Å². The van der Waals surface area contributed by atoms with Crippen molar-refractivity contribution >= 4 is 11.9 Å². The number of aliphatic hydroxyl groups is 2. The van der Waals surface area contributed by atoms with E-state index < -0.39 is 36.3 Å². The molecule has 0 fully saturated rings. The highest BCUT2D eigenvalue weighted by Crippen LogP contribution is 2.21. The summed E-state index contributed by atoms with van der Waals surface area (Å²) in [5.41, 5.74) is 4.34. The number of benzene rings is 1. The van der Waals surface area contributed by atoms with E-state index in [1.54, 1.807) is 0 Å². The number of primary amides is 1. The maximum atomic E-state index is 13.1. The van der Waals surface area contributed by atoms with Crippen LogP contribution >= 0.6 is 0 Å². The van der Waals surface area contributed by atoms with Crippen LogP contribution in [0.25, 0.3) is 0 Å². The van der Waals surface area contributed by atoms with E-state index in [0.717, 1.165) is 18.2 Å². The van der Waals surface area contributed by atoms with Crippen molar-refractivity contribution in [2.45, 2.75) is 18.6 Å². The van der Waals surface area contributed by atoms with Crippen molar-refractivity contribution in [2.24, 2.45) is 5.73 Å². The zero-order valence-electron chi connectivity index (χ0n) is 9.21. The van der Waals surface area contributed by atoms with Crippen molar-refractivity contribution in [2.75, 3.05) is 0 Å². The van der Waals surface area contributed by atoms with Crippen LogP contribution in [-0.4, -0.2) is 33.3 Å². The molecule has 0 bridgehead atoms. The lowest BCUT2D eigenvalue weighted by molar-refractivity contribution is -0.121. The quantitative estimate of drug-likeness (QED) is 0.581. The van der Waals surface area contributed by atoms with E-state index in [9.17, 15) is 24.2 Å². The normalized spacial score (nSPS) is 13.9. The van der Waals surface area contributed by atoms with Crippen LogP contribution in [0.1, 0.15) is 28.4 Å². The molecule has 2 atom stereocenters. The van der Waals surface area contributed by atoms with Crippen molar-refractivity contribution in [1.82, 2.24) is 0 Å². The third-order valence-electron chi connectivity index (χ3n) is 2.28. The summed E-state index contributed by atoms with van der Waals surface area (Å²) in [4.78, 5) is 21.3. The summed E-state index contributed by atoms with van der Waals surface area (Å²) in [6.45, 7) is 0. The molecule has 6 nitrogen and oxygen atoms in total. The molecule has 7 heteroatoms. The summed E-state index contributed by atoms with van der Waals surface area (Å²) in [5, 5.41) is 27.8. The minimum atomic E-state index is -1.59. The van der Waals surface area contributed by atoms with E-state index in [2.05, 4.69) is 0 Å². The Morgan fingerprint density at radius 1 is 1.28 bits per heavy atom. The van der Waals surface area contributed by atoms with Crippen molar-refractivity contribution in [1.29, 1.82) is 0 Å². The van der Waals surface area contributed by atoms with E-state index >= 15 is 0 Å². The van der Waals surface area contributed by atoms with Crippen LogP contribution < -0.4 is 5.73 Å². The zero-order valence-corrected chi connectivity index (χ0v) is 9.21. The van der Waals surface area contributed by atoms with Gasteiger partial charge in [0.15, 0.2) is 0 Å². The fourth-order valence-electron chi connectivity index (χ4n) is 1.45. The molecule has 0 aromatic heterocycles. The minimum absolute atomic E-state index is 0.138.